The highest BCUT2D eigenvalue weighted by molar-refractivity contribution is 5.94. The molecule has 3 N–H and O–H groups in total. The fraction of sp³-hybridized carbons (Fsp3) is 0.429. The molecule has 0 amide bonds. The average Bonchev–Trinajstić information content (AvgIpc) is 2.11. The Labute approximate surface area is 73.9 Å². The molecule has 1 heterocycles. The number of nitrogens with two attached hydrogens (primary N) is 1. The van der Waals surface area contributed by atoms with Gasteiger partial charge >= 0.3 is 17.9 Å². The van der Waals surface area contributed by atoms with Crippen molar-refractivity contribution in [2.75, 3.05) is 6.54 Å². The van der Waals surface area contributed by atoms with Gasteiger partial charge in [0.25, 0.3) is 0 Å². The predicted molar refractivity (Wildman–Crippen MR) is 39.9 cm³/mol. The number of hydrogen-bond donors (Lipinski definition) is 2. The minimum Gasteiger partial charge on any atom is -0.397 e. The lowest BCUT2D eigenvalue weighted by Crippen LogP contribution is -2.44. The van der Waals surface area contributed by atoms with Gasteiger partial charge in [0.2, 0.25) is 0 Å². The first kappa shape index (κ1) is 9.69. The van der Waals surface area contributed by atoms with Gasteiger partial charge in [0.05, 0.1) is 6.42 Å². The van der Waals surface area contributed by atoms with Crippen LogP contribution < -0.4 is 5.73 Å². The summed E-state index contributed by atoms with van der Waals surface area (Å²) in [5.41, 5.74) is 4.97. The number of esters is 2. The highest BCUT2D eigenvalue weighted by Crippen LogP contribution is 2.18. The number of hydrogen-bond acceptors (Lipinski definition) is 6. The summed E-state index contributed by atoms with van der Waals surface area (Å²) in [5, 5.41) is 9.27. The number of aliphatic hydroxyl groups is 1. The highest BCUT2D eigenvalue weighted by Gasteiger charge is 2.39. The van der Waals surface area contributed by atoms with Gasteiger partial charge in [-0.3, -0.25) is 4.79 Å². The van der Waals surface area contributed by atoms with E-state index in [1.54, 1.807) is 0 Å². The molecule has 0 aromatic rings. The lowest BCUT2D eigenvalue weighted by atomic mass is 10.2. The third-order valence-corrected chi connectivity index (χ3v) is 1.43. The quantitative estimate of drug-likeness (QED) is 0.388. The molecule has 0 aromatic heterocycles. The molecular weight excluding hydrogens is 178 g/mol. The maximum Gasteiger partial charge on any atom is 0.386 e. The van der Waals surface area contributed by atoms with Crippen molar-refractivity contribution in [1.29, 1.82) is 0 Å². The summed E-state index contributed by atoms with van der Waals surface area (Å²) in [6.45, 7) is 2.76. The highest BCUT2D eigenvalue weighted by atomic mass is 16.8. The maximum absolute atomic E-state index is 11.0. The molecule has 0 saturated carbocycles. The Hall–Kier alpha value is -1.40. The Balaban J connectivity index is 2.89. The normalized spacial score (nSPS) is 29.2. The molecule has 0 aromatic carbocycles. The van der Waals surface area contributed by atoms with Crippen molar-refractivity contribution in [3.05, 3.63) is 12.2 Å². The van der Waals surface area contributed by atoms with Gasteiger partial charge in [0, 0.05) is 5.57 Å². The van der Waals surface area contributed by atoms with Gasteiger partial charge in [-0.2, -0.15) is 0 Å². The van der Waals surface area contributed by atoms with Crippen molar-refractivity contribution in [2.45, 2.75) is 12.4 Å². The lowest BCUT2D eigenvalue weighted by Gasteiger charge is -2.22. The Morgan fingerprint density at radius 2 is 2.15 bits per heavy atom. The Bertz CT molecular complexity index is 274. The summed E-state index contributed by atoms with van der Waals surface area (Å²) < 4.78 is 8.76. The van der Waals surface area contributed by atoms with Gasteiger partial charge in [-0.25, -0.2) is 4.79 Å². The molecule has 0 aliphatic carbocycles. The van der Waals surface area contributed by atoms with Crippen molar-refractivity contribution in [3.63, 3.8) is 0 Å². The largest absolute Gasteiger partial charge is 0.397 e. The van der Waals surface area contributed by atoms with Crippen LogP contribution in [-0.2, 0) is 19.1 Å². The molecule has 0 spiro atoms. The van der Waals surface area contributed by atoms with Gasteiger partial charge in [-0.15, -0.1) is 0 Å². The van der Waals surface area contributed by atoms with Crippen molar-refractivity contribution in [2.24, 2.45) is 5.73 Å². The first-order valence-corrected chi connectivity index (χ1v) is 3.52. The SMILES string of the molecule is C=C1CC(=O)OC(O)(CN)OC1=O. The lowest BCUT2D eigenvalue weighted by molar-refractivity contribution is -0.313. The van der Waals surface area contributed by atoms with Crippen molar-refractivity contribution in [3.8, 4) is 0 Å². The second kappa shape index (κ2) is 3.15. The molecule has 6 heteroatoms. The van der Waals surface area contributed by atoms with Crippen molar-refractivity contribution >= 4 is 11.9 Å². The molecule has 1 aliphatic heterocycles. The average molecular weight is 187 g/mol. The topological polar surface area (TPSA) is 98.8 Å². The molecule has 72 valence electrons. The van der Waals surface area contributed by atoms with Gasteiger partial charge in [0.15, 0.2) is 0 Å². The predicted octanol–water partition coefficient (Wildman–Crippen LogP) is -1.36. The first-order valence-electron chi connectivity index (χ1n) is 3.52. The van der Waals surface area contributed by atoms with Crippen LogP contribution in [0.3, 0.4) is 0 Å². The van der Waals surface area contributed by atoms with Gasteiger partial charge in [-0.05, 0) is 0 Å². The fourth-order valence-corrected chi connectivity index (χ4v) is 0.782. The Kier molecular flexibility index (Phi) is 2.35. The van der Waals surface area contributed by atoms with Gasteiger partial charge < -0.3 is 20.3 Å². The third kappa shape index (κ3) is 2.04. The van der Waals surface area contributed by atoms with E-state index in [1.165, 1.54) is 0 Å². The first-order chi connectivity index (χ1) is 5.97. The van der Waals surface area contributed by atoms with E-state index in [4.69, 9.17) is 5.73 Å². The van der Waals surface area contributed by atoms with Gasteiger partial charge in [0.1, 0.15) is 6.54 Å². The molecule has 13 heavy (non-hydrogen) atoms. The zero-order chi connectivity index (χ0) is 10.1. The minimum atomic E-state index is -2.35. The van der Waals surface area contributed by atoms with Crippen LogP contribution in [0.25, 0.3) is 0 Å². The number of carbonyl (C=O) groups is 2. The van der Waals surface area contributed by atoms with E-state index in [-0.39, 0.29) is 12.0 Å². The maximum atomic E-state index is 11.0. The smallest absolute Gasteiger partial charge is 0.386 e. The van der Waals surface area contributed by atoms with Crippen LogP contribution in [0, 0.1) is 0 Å². The minimum absolute atomic E-state index is 0.0747. The Morgan fingerprint density at radius 3 is 2.69 bits per heavy atom. The van der Waals surface area contributed by atoms with E-state index in [0.29, 0.717) is 0 Å². The number of carbonyl (C=O) groups excluding carboxylic acids is 2. The molecule has 1 fully saturated rings. The third-order valence-electron chi connectivity index (χ3n) is 1.43. The summed E-state index contributed by atoms with van der Waals surface area (Å²) in [7, 11) is 0. The van der Waals surface area contributed by atoms with Crippen molar-refractivity contribution in [1.82, 2.24) is 0 Å². The zero-order valence-corrected chi connectivity index (χ0v) is 6.78. The van der Waals surface area contributed by atoms with E-state index in [1.807, 2.05) is 0 Å². The van der Waals surface area contributed by atoms with Crippen LogP contribution in [0.4, 0.5) is 0 Å². The number of cyclic esters (lactones) is 2. The van der Waals surface area contributed by atoms with Crippen molar-refractivity contribution < 1.29 is 24.2 Å². The van der Waals surface area contributed by atoms with E-state index in [0.717, 1.165) is 0 Å². The zero-order valence-electron chi connectivity index (χ0n) is 6.78. The van der Waals surface area contributed by atoms with Crippen LogP contribution in [0.5, 0.6) is 0 Å². The Morgan fingerprint density at radius 1 is 1.54 bits per heavy atom. The van der Waals surface area contributed by atoms with Crippen LogP contribution in [0.15, 0.2) is 12.2 Å². The molecule has 6 nitrogen and oxygen atoms in total. The monoisotopic (exact) mass is 187 g/mol. The van der Waals surface area contributed by atoms with Crippen LogP contribution in [-0.4, -0.2) is 29.6 Å². The summed E-state index contributed by atoms with van der Waals surface area (Å²) in [6, 6.07) is 0. The van der Waals surface area contributed by atoms with Crippen LogP contribution in [0.2, 0.25) is 0 Å². The summed E-state index contributed by atoms with van der Waals surface area (Å²) in [5.74, 6) is -4.05. The summed E-state index contributed by atoms with van der Waals surface area (Å²) in [4.78, 5) is 21.8. The molecule has 1 atom stereocenters. The molecule has 1 rings (SSSR count). The second-order valence-corrected chi connectivity index (χ2v) is 2.56. The van der Waals surface area contributed by atoms with E-state index in [9.17, 15) is 14.7 Å². The van der Waals surface area contributed by atoms with E-state index >= 15 is 0 Å². The molecular formula is C7H9NO5. The number of rotatable bonds is 1. The number of ether oxygens (including phenoxy) is 2. The second-order valence-electron chi connectivity index (χ2n) is 2.56. The molecule has 1 unspecified atom stereocenters. The molecule has 1 aliphatic rings. The standard InChI is InChI=1S/C7H9NO5/c1-4-2-5(9)12-7(11,3-8)13-6(4)10/h11H,1-3,8H2. The van der Waals surface area contributed by atoms with E-state index in [2.05, 4.69) is 16.1 Å². The summed E-state index contributed by atoms with van der Waals surface area (Å²) in [6.07, 6.45) is -0.304. The van der Waals surface area contributed by atoms with Gasteiger partial charge in [-0.1, -0.05) is 6.58 Å². The summed E-state index contributed by atoms with van der Waals surface area (Å²) >= 11 is 0. The fourth-order valence-electron chi connectivity index (χ4n) is 0.782. The molecule has 0 bridgehead atoms. The molecule has 1 saturated heterocycles. The van der Waals surface area contributed by atoms with Crippen LogP contribution in [0.1, 0.15) is 6.42 Å². The molecule has 0 radical (unpaired) electrons. The van der Waals surface area contributed by atoms with Crippen LogP contribution >= 0.6 is 0 Å². The van der Waals surface area contributed by atoms with E-state index < -0.39 is 24.5 Å².